The molecule has 0 aliphatic carbocycles. The van der Waals surface area contributed by atoms with Crippen molar-refractivity contribution in [3.63, 3.8) is 0 Å². The van der Waals surface area contributed by atoms with Crippen LogP contribution in [-0.2, 0) is 4.79 Å². The van der Waals surface area contributed by atoms with E-state index >= 15 is 0 Å². The van der Waals surface area contributed by atoms with Crippen LogP contribution in [0.3, 0.4) is 0 Å². The second-order valence-corrected chi connectivity index (χ2v) is 2.57. The average Bonchev–Trinajstić information content (AvgIpc) is 2.20. The lowest BCUT2D eigenvalue weighted by Gasteiger charge is -2.03. The first kappa shape index (κ1) is 7.25. The van der Waals surface area contributed by atoms with Gasteiger partial charge in [0, 0.05) is 5.71 Å². The van der Waals surface area contributed by atoms with E-state index in [2.05, 4.69) is 17.5 Å². The molecule has 0 aromatic heterocycles. The Hall–Kier alpha value is -0.860. The number of hydrogen-bond donors (Lipinski definition) is 1. The van der Waals surface area contributed by atoms with Crippen molar-refractivity contribution in [3.05, 3.63) is 0 Å². The molecule has 56 valence electrons. The Morgan fingerprint density at radius 3 is 2.80 bits per heavy atom. The predicted molar refractivity (Wildman–Crippen MR) is 39.6 cm³/mol. The molecule has 1 rings (SSSR count). The van der Waals surface area contributed by atoms with Gasteiger partial charge in [-0.2, -0.15) is 5.10 Å². The van der Waals surface area contributed by atoms with Gasteiger partial charge in [0.2, 0.25) is 5.91 Å². The van der Waals surface area contributed by atoms with Crippen molar-refractivity contribution in [2.24, 2.45) is 11.0 Å². The molecule has 0 radical (unpaired) electrons. The summed E-state index contributed by atoms with van der Waals surface area (Å²) < 4.78 is 0. The molecule has 0 spiro atoms. The van der Waals surface area contributed by atoms with Crippen molar-refractivity contribution in [3.8, 4) is 0 Å². The molecule has 10 heavy (non-hydrogen) atoms. The third kappa shape index (κ3) is 1.17. The van der Waals surface area contributed by atoms with E-state index in [0.717, 1.165) is 18.6 Å². The van der Waals surface area contributed by atoms with Gasteiger partial charge < -0.3 is 0 Å². The molecular weight excluding hydrogens is 128 g/mol. The second kappa shape index (κ2) is 2.82. The largest absolute Gasteiger partial charge is 0.272 e. The van der Waals surface area contributed by atoms with Crippen LogP contribution in [0.25, 0.3) is 0 Å². The predicted octanol–water partition coefficient (Wildman–Crippen LogP) is 0.908. The Morgan fingerprint density at radius 1 is 1.70 bits per heavy atom. The summed E-state index contributed by atoms with van der Waals surface area (Å²) in [6, 6.07) is 0. The maximum absolute atomic E-state index is 10.9. The minimum absolute atomic E-state index is 0.0463. The standard InChI is InChI=1S/C7H12N2O/c1-3-4-6-5(2)8-9-7(6)10/h6H,3-4H2,1-2H3,(H,9,10). The zero-order valence-electron chi connectivity index (χ0n) is 6.35. The number of amides is 1. The summed E-state index contributed by atoms with van der Waals surface area (Å²) in [5.41, 5.74) is 3.38. The Morgan fingerprint density at radius 2 is 2.40 bits per heavy atom. The summed E-state index contributed by atoms with van der Waals surface area (Å²) in [5, 5.41) is 3.83. The van der Waals surface area contributed by atoms with Crippen LogP contribution in [0.4, 0.5) is 0 Å². The van der Waals surface area contributed by atoms with E-state index in [0.29, 0.717) is 0 Å². The quantitative estimate of drug-likeness (QED) is 0.608. The summed E-state index contributed by atoms with van der Waals surface area (Å²) in [7, 11) is 0. The van der Waals surface area contributed by atoms with Gasteiger partial charge in [0.25, 0.3) is 0 Å². The normalized spacial score (nSPS) is 24.4. The zero-order valence-corrected chi connectivity index (χ0v) is 6.35. The Bertz CT molecular complexity index is 174. The number of nitrogens with zero attached hydrogens (tertiary/aromatic N) is 1. The molecule has 1 atom stereocenters. The van der Waals surface area contributed by atoms with Crippen molar-refractivity contribution in [2.45, 2.75) is 26.7 Å². The highest BCUT2D eigenvalue weighted by Crippen LogP contribution is 2.12. The second-order valence-electron chi connectivity index (χ2n) is 2.57. The summed E-state index contributed by atoms with van der Waals surface area (Å²) in [4.78, 5) is 10.9. The molecule has 0 saturated heterocycles. The maximum Gasteiger partial charge on any atom is 0.248 e. The van der Waals surface area contributed by atoms with E-state index in [1.165, 1.54) is 0 Å². The van der Waals surface area contributed by atoms with E-state index < -0.39 is 0 Å². The lowest BCUT2D eigenvalue weighted by Crippen LogP contribution is -2.21. The lowest BCUT2D eigenvalue weighted by atomic mass is 10.00. The zero-order chi connectivity index (χ0) is 7.56. The van der Waals surface area contributed by atoms with E-state index in [1.54, 1.807) is 0 Å². The molecular formula is C7H12N2O. The monoisotopic (exact) mass is 140 g/mol. The van der Waals surface area contributed by atoms with Crippen LogP contribution < -0.4 is 5.43 Å². The smallest absolute Gasteiger partial charge is 0.248 e. The molecule has 1 amide bonds. The Labute approximate surface area is 60.5 Å². The minimum Gasteiger partial charge on any atom is -0.272 e. The van der Waals surface area contributed by atoms with Gasteiger partial charge in [0.05, 0.1) is 5.92 Å². The van der Waals surface area contributed by atoms with Crippen molar-refractivity contribution < 1.29 is 4.79 Å². The molecule has 0 saturated carbocycles. The van der Waals surface area contributed by atoms with Gasteiger partial charge in [-0.1, -0.05) is 13.3 Å². The first-order valence-electron chi connectivity index (χ1n) is 3.59. The summed E-state index contributed by atoms with van der Waals surface area (Å²) in [6.45, 7) is 3.96. The van der Waals surface area contributed by atoms with Gasteiger partial charge in [-0.05, 0) is 13.3 Å². The fraction of sp³-hybridized carbons (Fsp3) is 0.714. The summed E-state index contributed by atoms with van der Waals surface area (Å²) in [5.74, 6) is 0.101. The number of rotatable bonds is 2. The SMILES string of the molecule is CCCC1C(=O)NN=C1C. The van der Waals surface area contributed by atoms with Gasteiger partial charge in [-0.3, -0.25) is 4.79 Å². The van der Waals surface area contributed by atoms with E-state index in [-0.39, 0.29) is 11.8 Å². The molecule has 1 N–H and O–H groups in total. The first-order valence-corrected chi connectivity index (χ1v) is 3.59. The Kier molecular flexibility index (Phi) is 2.04. The van der Waals surface area contributed by atoms with Gasteiger partial charge >= 0.3 is 0 Å². The fourth-order valence-electron chi connectivity index (χ4n) is 1.12. The third-order valence-corrected chi connectivity index (χ3v) is 1.74. The van der Waals surface area contributed by atoms with E-state index in [1.807, 2.05) is 6.92 Å². The van der Waals surface area contributed by atoms with Crippen LogP contribution in [0.15, 0.2) is 5.10 Å². The number of nitrogens with one attached hydrogen (secondary N) is 1. The van der Waals surface area contributed by atoms with Crippen LogP contribution in [0, 0.1) is 5.92 Å². The lowest BCUT2D eigenvalue weighted by molar-refractivity contribution is -0.122. The summed E-state index contributed by atoms with van der Waals surface area (Å²) >= 11 is 0. The van der Waals surface area contributed by atoms with Gasteiger partial charge in [0.15, 0.2) is 0 Å². The van der Waals surface area contributed by atoms with Crippen LogP contribution in [0.5, 0.6) is 0 Å². The highest BCUT2D eigenvalue weighted by molar-refractivity contribution is 6.06. The molecule has 1 aliphatic heterocycles. The maximum atomic E-state index is 10.9. The van der Waals surface area contributed by atoms with Crippen molar-refractivity contribution >= 4 is 11.6 Å². The average molecular weight is 140 g/mol. The van der Waals surface area contributed by atoms with Crippen LogP contribution in [0.1, 0.15) is 26.7 Å². The number of carbonyl (C=O) groups excluding carboxylic acids is 1. The molecule has 0 aromatic rings. The Balaban J connectivity index is 2.56. The minimum atomic E-state index is 0.0463. The first-order chi connectivity index (χ1) is 4.75. The molecule has 1 aliphatic rings. The topological polar surface area (TPSA) is 41.5 Å². The fourth-order valence-corrected chi connectivity index (χ4v) is 1.12. The number of hydrazone groups is 1. The van der Waals surface area contributed by atoms with E-state index in [9.17, 15) is 4.79 Å². The highest BCUT2D eigenvalue weighted by atomic mass is 16.2. The van der Waals surface area contributed by atoms with Crippen LogP contribution >= 0.6 is 0 Å². The van der Waals surface area contributed by atoms with Gasteiger partial charge in [-0.25, -0.2) is 5.43 Å². The molecule has 0 aromatic carbocycles. The number of carbonyl (C=O) groups is 1. The highest BCUT2D eigenvalue weighted by Gasteiger charge is 2.25. The van der Waals surface area contributed by atoms with Gasteiger partial charge in [-0.15, -0.1) is 0 Å². The van der Waals surface area contributed by atoms with Gasteiger partial charge in [0.1, 0.15) is 0 Å². The number of hydrogen-bond acceptors (Lipinski definition) is 2. The van der Waals surface area contributed by atoms with Crippen molar-refractivity contribution in [1.29, 1.82) is 0 Å². The molecule has 3 nitrogen and oxygen atoms in total. The van der Waals surface area contributed by atoms with Crippen molar-refractivity contribution in [2.75, 3.05) is 0 Å². The van der Waals surface area contributed by atoms with Crippen LogP contribution in [0.2, 0.25) is 0 Å². The van der Waals surface area contributed by atoms with E-state index in [4.69, 9.17) is 0 Å². The third-order valence-electron chi connectivity index (χ3n) is 1.74. The van der Waals surface area contributed by atoms with Crippen LogP contribution in [-0.4, -0.2) is 11.6 Å². The molecule has 1 heterocycles. The summed E-state index contributed by atoms with van der Waals surface area (Å²) in [6.07, 6.45) is 1.95. The molecule has 3 heteroatoms. The van der Waals surface area contributed by atoms with Crippen molar-refractivity contribution in [1.82, 2.24) is 5.43 Å². The molecule has 1 unspecified atom stereocenters. The molecule has 0 bridgehead atoms. The molecule has 0 fully saturated rings.